The first-order valence-electron chi connectivity index (χ1n) is 4.25. The number of hydrogen-bond donors (Lipinski definition) is 2. The van der Waals surface area contributed by atoms with Crippen molar-refractivity contribution >= 4 is 17.0 Å². The standard InChI is InChI=1S/C8H17NO3S/c1-5(2)7(8(10)11)9-13(12)6(3)4/h5-7,9H,1-4H3,(H,10,11)/t7?,13-/m0/s1. The Bertz CT molecular complexity index is 204. The van der Waals surface area contributed by atoms with Gasteiger partial charge in [-0.05, 0) is 19.8 Å². The highest BCUT2D eigenvalue weighted by Gasteiger charge is 2.23. The number of nitrogens with one attached hydrogen (secondary N) is 1. The predicted molar refractivity (Wildman–Crippen MR) is 52.7 cm³/mol. The zero-order chi connectivity index (χ0) is 10.6. The summed E-state index contributed by atoms with van der Waals surface area (Å²) in [5, 5.41) is 8.71. The average molecular weight is 207 g/mol. The van der Waals surface area contributed by atoms with Gasteiger partial charge in [-0.15, -0.1) is 0 Å². The molecule has 0 aliphatic rings. The molecule has 0 radical (unpaired) electrons. The lowest BCUT2D eigenvalue weighted by atomic mass is 10.1. The van der Waals surface area contributed by atoms with E-state index in [2.05, 4.69) is 4.72 Å². The number of carboxylic acid groups (broad SMARTS) is 1. The van der Waals surface area contributed by atoms with Gasteiger partial charge in [-0.2, -0.15) is 0 Å². The Kier molecular flexibility index (Phi) is 5.17. The maximum atomic E-state index is 11.3. The fourth-order valence-corrected chi connectivity index (χ4v) is 1.63. The van der Waals surface area contributed by atoms with Crippen molar-refractivity contribution in [2.75, 3.05) is 0 Å². The maximum absolute atomic E-state index is 11.3. The third-order valence-corrected chi connectivity index (χ3v) is 2.95. The van der Waals surface area contributed by atoms with E-state index in [1.54, 1.807) is 27.7 Å². The van der Waals surface area contributed by atoms with E-state index in [-0.39, 0.29) is 11.2 Å². The van der Waals surface area contributed by atoms with Crippen molar-refractivity contribution < 1.29 is 14.1 Å². The van der Waals surface area contributed by atoms with E-state index >= 15 is 0 Å². The second-order valence-electron chi connectivity index (χ2n) is 3.52. The van der Waals surface area contributed by atoms with Crippen LogP contribution in [0, 0.1) is 5.92 Å². The van der Waals surface area contributed by atoms with Crippen LogP contribution in [0.25, 0.3) is 0 Å². The van der Waals surface area contributed by atoms with Crippen LogP contribution in [0.5, 0.6) is 0 Å². The molecule has 0 heterocycles. The number of rotatable bonds is 5. The topological polar surface area (TPSA) is 66.4 Å². The Morgan fingerprint density at radius 1 is 1.31 bits per heavy atom. The van der Waals surface area contributed by atoms with E-state index < -0.39 is 23.0 Å². The van der Waals surface area contributed by atoms with E-state index in [1.165, 1.54) is 0 Å². The van der Waals surface area contributed by atoms with Crippen molar-refractivity contribution in [3.63, 3.8) is 0 Å². The maximum Gasteiger partial charge on any atom is 0.321 e. The molecule has 0 aromatic heterocycles. The molecule has 0 saturated carbocycles. The van der Waals surface area contributed by atoms with Gasteiger partial charge in [-0.1, -0.05) is 13.8 Å². The second kappa shape index (κ2) is 5.34. The molecule has 0 aromatic rings. The van der Waals surface area contributed by atoms with Gasteiger partial charge in [0.2, 0.25) is 0 Å². The van der Waals surface area contributed by atoms with Crippen LogP contribution in [0.15, 0.2) is 0 Å². The van der Waals surface area contributed by atoms with Crippen LogP contribution in [0.4, 0.5) is 0 Å². The average Bonchev–Trinajstić information content (AvgIpc) is 1.97. The molecule has 0 amide bonds. The van der Waals surface area contributed by atoms with Crippen molar-refractivity contribution in [1.82, 2.24) is 4.72 Å². The quantitative estimate of drug-likeness (QED) is 0.699. The number of aliphatic carboxylic acids is 1. The van der Waals surface area contributed by atoms with Gasteiger partial charge in [-0.3, -0.25) is 4.79 Å². The highest BCUT2D eigenvalue weighted by atomic mass is 32.2. The lowest BCUT2D eigenvalue weighted by Gasteiger charge is -2.18. The molecule has 2 atom stereocenters. The van der Waals surface area contributed by atoms with Crippen molar-refractivity contribution in [2.24, 2.45) is 5.92 Å². The van der Waals surface area contributed by atoms with Crippen molar-refractivity contribution in [1.29, 1.82) is 0 Å². The van der Waals surface area contributed by atoms with Gasteiger partial charge < -0.3 is 5.11 Å². The number of carboxylic acids is 1. The summed E-state index contributed by atoms with van der Waals surface area (Å²) < 4.78 is 13.9. The lowest BCUT2D eigenvalue weighted by molar-refractivity contribution is -0.140. The van der Waals surface area contributed by atoms with Crippen molar-refractivity contribution in [3.8, 4) is 0 Å². The Morgan fingerprint density at radius 2 is 1.77 bits per heavy atom. The molecular formula is C8H17NO3S. The monoisotopic (exact) mass is 207 g/mol. The van der Waals surface area contributed by atoms with Crippen LogP contribution in [-0.4, -0.2) is 26.6 Å². The minimum absolute atomic E-state index is 0.0689. The van der Waals surface area contributed by atoms with E-state index in [9.17, 15) is 9.00 Å². The highest BCUT2D eigenvalue weighted by Crippen LogP contribution is 2.03. The summed E-state index contributed by atoms with van der Waals surface area (Å²) in [5.74, 6) is -1.02. The fraction of sp³-hybridized carbons (Fsp3) is 0.875. The van der Waals surface area contributed by atoms with Gasteiger partial charge in [0.05, 0.1) is 11.0 Å². The van der Waals surface area contributed by atoms with Gasteiger partial charge in [0.25, 0.3) is 0 Å². The SMILES string of the molecule is CC(C)C(N[S@@](=O)C(C)C)C(=O)O. The third-order valence-electron chi connectivity index (χ3n) is 1.60. The molecule has 0 aromatic carbocycles. The fourth-order valence-electron chi connectivity index (χ4n) is 0.733. The molecule has 13 heavy (non-hydrogen) atoms. The van der Waals surface area contributed by atoms with E-state index in [0.717, 1.165) is 0 Å². The molecule has 0 fully saturated rings. The smallest absolute Gasteiger partial charge is 0.321 e. The largest absolute Gasteiger partial charge is 0.480 e. The predicted octanol–water partition coefficient (Wildman–Crippen LogP) is 0.757. The molecule has 0 bridgehead atoms. The van der Waals surface area contributed by atoms with Crippen LogP contribution in [0.1, 0.15) is 27.7 Å². The molecular weight excluding hydrogens is 190 g/mol. The molecule has 0 aliphatic carbocycles. The second-order valence-corrected chi connectivity index (χ2v) is 5.30. The van der Waals surface area contributed by atoms with Crippen LogP contribution in [-0.2, 0) is 15.8 Å². The molecule has 5 heteroatoms. The normalized spacial score (nSPS) is 16.2. The summed E-state index contributed by atoms with van der Waals surface area (Å²) in [6.07, 6.45) is 0. The van der Waals surface area contributed by atoms with Crippen LogP contribution < -0.4 is 4.72 Å². The summed E-state index contributed by atoms with van der Waals surface area (Å²) in [6, 6.07) is -0.733. The van der Waals surface area contributed by atoms with Gasteiger partial charge >= 0.3 is 5.97 Å². The number of hydrogen-bond acceptors (Lipinski definition) is 2. The molecule has 2 N–H and O–H groups in total. The molecule has 0 aliphatic heterocycles. The molecule has 0 spiro atoms. The molecule has 0 saturated heterocycles. The van der Waals surface area contributed by atoms with Crippen molar-refractivity contribution in [3.05, 3.63) is 0 Å². The first-order chi connectivity index (χ1) is 5.86. The first-order valence-corrected chi connectivity index (χ1v) is 5.47. The first kappa shape index (κ1) is 12.6. The van der Waals surface area contributed by atoms with Gasteiger partial charge in [-0.25, -0.2) is 8.93 Å². The Balaban J connectivity index is 4.27. The summed E-state index contributed by atoms with van der Waals surface area (Å²) in [6.45, 7) is 7.12. The summed E-state index contributed by atoms with van der Waals surface area (Å²) in [7, 11) is -1.27. The minimum atomic E-state index is -1.27. The Morgan fingerprint density at radius 3 is 2.00 bits per heavy atom. The Labute approximate surface area is 81.3 Å². The zero-order valence-corrected chi connectivity index (χ0v) is 9.22. The zero-order valence-electron chi connectivity index (χ0n) is 8.40. The number of carbonyl (C=O) groups is 1. The lowest BCUT2D eigenvalue weighted by Crippen LogP contribution is -2.43. The summed E-state index contributed by atoms with van der Waals surface area (Å²) in [5.41, 5.74) is 0. The van der Waals surface area contributed by atoms with E-state index in [1.807, 2.05) is 0 Å². The summed E-state index contributed by atoms with van der Waals surface area (Å²) in [4.78, 5) is 10.7. The van der Waals surface area contributed by atoms with Crippen molar-refractivity contribution in [2.45, 2.75) is 39.0 Å². The minimum Gasteiger partial charge on any atom is -0.480 e. The molecule has 0 rings (SSSR count). The van der Waals surface area contributed by atoms with Gasteiger partial charge in [0.15, 0.2) is 0 Å². The van der Waals surface area contributed by atoms with Crippen LogP contribution in [0.3, 0.4) is 0 Å². The molecule has 78 valence electrons. The molecule has 4 nitrogen and oxygen atoms in total. The van der Waals surface area contributed by atoms with E-state index in [0.29, 0.717) is 0 Å². The van der Waals surface area contributed by atoms with Gasteiger partial charge in [0.1, 0.15) is 6.04 Å². The van der Waals surface area contributed by atoms with Crippen LogP contribution >= 0.6 is 0 Å². The van der Waals surface area contributed by atoms with Crippen LogP contribution in [0.2, 0.25) is 0 Å². The van der Waals surface area contributed by atoms with Gasteiger partial charge in [0, 0.05) is 5.25 Å². The Hall–Kier alpha value is -0.420. The van der Waals surface area contributed by atoms with E-state index in [4.69, 9.17) is 5.11 Å². The summed E-state index contributed by atoms with van der Waals surface area (Å²) >= 11 is 0. The highest BCUT2D eigenvalue weighted by molar-refractivity contribution is 7.83. The third kappa shape index (κ3) is 4.38. The molecule has 1 unspecified atom stereocenters.